The summed E-state index contributed by atoms with van der Waals surface area (Å²) in [6.45, 7) is 3.75. The molecular formula is C19H21FN2O. The largest absolute Gasteiger partial charge is 0.392 e. The Bertz CT molecular complexity index is 778. The van der Waals surface area contributed by atoms with Crippen LogP contribution in [-0.4, -0.2) is 22.3 Å². The third kappa shape index (κ3) is 3.78. The van der Waals surface area contributed by atoms with E-state index in [4.69, 9.17) is 0 Å². The van der Waals surface area contributed by atoms with E-state index in [9.17, 15) is 9.50 Å². The molecule has 1 heterocycles. The molecule has 1 atom stereocenters. The quantitative estimate of drug-likeness (QED) is 0.733. The number of hydrogen-bond acceptors (Lipinski definition) is 2. The topological polar surface area (TPSA) is 37.2 Å². The van der Waals surface area contributed by atoms with Crippen molar-refractivity contribution in [1.82, 2.24) is 9.88 Å². The van der Waals surface area contributed by atoms with Crippen molar-refractivity contribution < 1.29 is 9.50 Å². The maximum absolute atomic E-state index is 13.1. The van der Waals surface area contributed by atoms with E-state index >= 15 is 0 Å². The van der Waals surface area contributed by atoms with Crippen molar-refractivity contribution in [3.8, 4) is 0 Å². The van der Waals surface area contributed by atoms with E-state index in [1.165, 1.54) is 23.1 Å². The zero-order valence-electron chi connectivity index (χ0n) is 13.2. The SMILES string of the molecule is C[C@@H](O)CNCc1cn(Cc2ccc(F)cc2)c2ccccc12. The summed E-state index contributed by atoms with van der Waals surface area (Å²) >= 11 is 0. The molecule has 4 heteroatoms. The summed E-state index contributed by atoms with van der Waals surface area (Å²) in [4.78, 5) is 0. The Morgan fingerprint density at radius 1 is 1.13 bits per heavy atom. The van der Waals surface area contributed by atoms with Gasteiger partial charge in [-0.3, -0.25) is 0 Å². The van der Waals surface area contributed by atoms with Crippen molar-refractivity contribution in [2.75, 3.05) is 6.54 Å². The first-order chi connectivity index (χ1) is 11.1. The second-order valence-electron chi connectivity index (χ2n) is 5.91. The van der Waals surface area contributed by atoms with Gasteiger partial charge in [0.1, 0.15) is 5.82 Å². The smallest absolute Gasteiger partial charge is 0.123 e. The molecule has 0 aliphatic rings. The van der Waals surface area contributed by atoms with Gasteiger partial charge in [-0.15, -0.1) is 0 Å². The molecule has 3 aromatic rings. The summed E-state index contributed by atoms with van der Waals surface area (Å²) in [5.74, 6) is -0.214. The molecule has 2 aromatic carbocycles. The normalized spacial score (nSPS) is 12.7. The molecule has 3 nitrogen and oxygen atoms in total. The van der Waals surface area contributed by atoms with Gasteiger partial charge in [0.25, 0.3) is 0 Å². The lowest BCUT2D eigenvalue weighted by Crippen LogP contribution is -2.23. The van der Waals surface area contributed by atoms with Crippen LogP contribution in [0, 0.1) is 5.82 Å². The van der Waals surface area contributed by atoms with E-state index < -0.39 is 0 Å². The molecular weight excluding hydrogens is 291 g/mol. The average Bonchev–Trinajstić information content (AvgIpc) is 2.88. The van der Waals surface area contributed by atoms with E-state index in [1.807, 2.05) is 24.3 Å². The van der Waals surface area contributed by atoms with Crippen molar-refractivity contribution in [2.24, 2.45) is 0 Å². The minimum Gasteiger partial charge on any atom is -0.392 e. The fourth-order valence-electron chi connectivity index (χ4n) is 2.80. The van der Waals surface area contributed by atoms with E-state index in [-0.39, 0.29) is 11.9 Å². The number of para-hydroxylation sites is 1. The summed E-state index contributed by atoms with van der Waals surface area (Å²) in [5, 5.41) is 13.8. The van der Waals surface area contributed by atoms with Crippen LogP contribution in [0.25, 0.3) is 10.9 Å². The van der Waals surface area contributed by atoms with Gasteiger partial charge in [0.05, 0.1) is 6.10 Å². The number of rotatable bonds is 6. The Hall–Kier alpha value is -2.17. The van der Waals surface area contributed by atoms with Crippen molar-refractivity contribution in [3.05, 3.63) is 71.7 Å². The molecule has 0 radical (unpaired) electrons. The predicted molar refractivity (Wildman–Crippen MR) is 90.8 cm³/mol. The van der Waals surface area contributed by atoms with Crippen LogP contribution in [-0.2, 0) is 13.1 Å². The van der Waals surface area contributed by atoms with Crippen molar-refractivity contribution >= 4 is 10.9 Å². The van der Waals surface area contributed by atoms with Crippen LogP contribution in [0.5, 0.6) is 0 Å². The predicted octanol–water partition coefficient (Wildman–Crippen LogP) is 3.30. The molecule has 0 saturated carbocycles. The highest BCUT2D eigenvalue weighted by Gasteiger charge is 2.08. The van der Waals surface area contributed by atoms with Crippen molar-refractivity contribution in [1.29, 1.82) is 0 Å². The lowest BCUT2D eigenvalue weighted by atomic mass is 10.2. The number of fused-ring (bicyclic) bond motifs is 1. The van der Waals surface area contributed by atoms with E-state index in [0.717, 1.165) is 11.1 Å². The molecule has 2 N–H and O–H groups in total. The van der Waals surface area contributed by atoms with Gasteiger partial charge in [0.15, 0.2) is 0 Å². The molecule has 0 bridgehead atoms. The van der Waals surface area contributed by atoms with Crippen LogP contribution in [0.1, 0.15) is 18.1 Å². The molecule has 3 rings (SSSR count). The summed E-state index contributed by atoms with van der Waals surface area (Å²) < 4.78 is 15.2. The maximum Gasteiger partial charge on any atom is 0.123 e. The molecule has 0 saturated heterocycles. The molecule has 0 amide bonds. The number of benzene rings is 2. The van der Waals surface area contributed by atoms with Gasteiger partial charge in [-0.2, -0.15) is 0 Å². The highest BCUT2D eigenvalue weighted by atomic mass is 19.1. The van der Waals surface area contributed by atoms with Crippen LogP contribution >= 0.6 is 0 Å². The van der Waals surface area contributed by atoms with Gasteiger partial charge in [-0.25, -0.2) is 4.39 Å². The van der Waals surface area contributed by atoms with Gasteiger partial charge in [-0.1, -0.05) is 30.3 Å². The van der Waals surface area contributed by atoms with E-state index in [1.54, 1.807) is 6.92 Å². The van der Waals surface area contributed by atoms with E-state index in [0.29, 0.717) is 19.6 Å². The molecule has 0 unspecified atom stereocenters. The molecule has 1 aromatic heterocycles. The van der Waals surface area contributed by atoms with Crippen LogP contribution < -0.4 is 5.32 Å². The fourth-order valence-corrected chi connectivity index (χ4v) is 2.80. The van der Waals surface area contributed by atoms with Gasteiger partial charge >= 0.3 is 0 Å². The van der Waals surface area contributed by atoms with Gasteiger partial charge in [0.2, 0.25) is 0 Å². The Morgan fingerprint density at radius 2 is 1.87 bits per heavy atom. The molecule has 0 aliphatic carbocycles. The Morgan fingerprint density at radius 3 is 2.61 bits per heavy atom. The third-order valence-electron chi connectivity index (χ3n) is 3.89. The van der Waals surface area contributed by atoms with Crippen LogP contribution in [0.15, 0.2) is 54.7 Å². The highest BCUT2D eigenvalue weighted by molar-refractivity contribution is 5.84. The highest BCUT2D eigenvalue weighted by Crippen LogP contribution is 2.22. The van der Waals surface area contributed by atoms with Gasteiger partial charge < -0.3 is 15.0 Å². The minimum atomic E-state index is -0.359. The third-order valence-corrected chi connectivity index (χ3v) is 3.89. The number of aliphatic hydroxyl groups excluding tert-OH is 1. The number of aromatic nitrogens is 1. The van der Waals surface area contributed by atoms with E-state index in [2.05, 4.69) is 28.2 Å². The van der Waals surface area contributed by atoms with Crippen molar-refractivity contribution in [3.63, 3.8) is 0 Å². The number of nitrogens with one attached hydrogen (secondary N) is 1. The first-order valence-corrected chi connectivity index (χ1v) is 7.83. The van der Waals surface area contributed by atoms with Crippen molar-refractivity contribution in [2.45, 2.75) is 26.1 Å². The molecule has 0 spiro atoms. The number of halogens is 1. The standard InChI is InChI=1S/C19H21FN2O/c1-14(23)10-21-11-16-13-22(19-5-3-2-4-18(16)19)12-15-6-8-17(20)9-7-15/h2-9,13-14,21,23H,10-12H2,1H3/t14-/m1/s1. The Balaban J connectivity index is 1.86. The zero-order chi connectivity index (χ0) is 16.2. The number of nitrogens with zero attached hydrogens (tertiary/aromatic N) is 1. The lowest BCUT2D eigenvalue weighted by Gasteiger charge is -2.06. The van der Waals surface area contributed by atoms with Gasteiger partial charge in [-0.05, 0) is 36.2 Å². The maximum atomic E-state index is 13.1. The lowest BCUT2D eigenvalue weighted by molar-refractivity contribution is 0.191. The second-order valence-corrected chi connectivity index (χ2v) is 5.91. The Kier molecular flexibility index (Phi) is 4.74. The van der Waals surface area contributed by atoms with Crippen LogP contribution in [0.4, 0.5) is 4.39 Å². The summed E-state index contributed by atoms with van der Waals surface area (Å²) in [6, 6.07) is 14.9. The molecule has 0 fully saturated rings. The first kappa shape index (κ1) is 15.7. The molecule has 23 heavy (non-hydrogen) atoms. The van der Waals surface area contributed by atoms with Crippen LogP contribution in [0.2, 0.25) is 0 Å². The Labute approximate surface area is 135 Å². The molecule has 120 valence electrons. The summed E-state index contributed by atoms with van der Waals surface area (Å²) in [6.07, 6.45) is 1.77. The number of aliphatic hydroxyl groups is 1. The second kappa shape index (κ2) is 6.94. The fraction of sp³-hybridized carbons (Fsp3) is 0.263. The summed E-state index contributed by atoms with van der Waals surface area (Å²) in [7, 11) is 0. The van der Waals surface area contributed by atoms with Crippen LogP contribution in [0.3, 0.4) is 0 Å². The monoisotopic (exact) mass is 312 g/mol. The zero-order valence-corrected chi connectivity index (χ0v) is 13.2. The van der Waals surface area contributed by atoms with Gasteiger partial charge in [0, 0.05) is 36.7 Å². The average molecular weight is 312 g/mol. The summed E-state index contributed by atoms with van der Waals surface area (Å²) in [5.41, 5.74) is 3.42. The number of hydrogen-bond donors (Lipinski definition) is 2. The first-order valence-electron chi connectivity index (χ1n) is 7.83. The minimum absolute atomic E-state index is 0.214. The molecule has 0 aliphatic heterocycles.